The zero-order valence-electron chi connectivity index (χ0n) is 11.3. The van der Waals surface area contributed by atoms with Gasteiger partial charge in [0.2, 0.25) is 0 Å². The largest absolute Gasteiger partial charge is 0.481 e. The Bertz CT molecular complexity index is 604. The Morgan fingerprint density at radius 2 is 2.10 bits per heavy atom. The molecule has 0 spiro atoms. The zero-order chi connectivity index (χ0) is 13.9. The van der Waals surface area contributed by atoms with Crippen molar-refractivity contribution in [3.63, 3.8) is 0 Å². The lowest BCUT2D eigenvalue weighted by Gasteiger charge is -2.16. The van der Waals surface area contributed by atoms with Gasteiger partial charge in [-0.3, -0.25) is 4.79 Å². The molecule has 0 saturated carbocycles. The molecule has 0 aliphatic heterocycles. The van der Waals surface area contributed by atoms with Gasteiger partial charge in [0.05, 0.1) is 5.69 Å². The van der Waals surface area contributed by atoms with Crippen molar-refractivity contribution in [1.82, 2.24) is 9.97 Å². The highest BCUT2D eigenvalue weighted by Crippen LogP contribution is 2.30. The molecule has 2 aromatic rings. The van der Waals surface area contributed by atoms with E-state index in [2.05, 4.69) is 22.1 Å². The van der Waals surface area contributed by atoms with Crippen LogP contribution in [0.3, 0.4) is 0 Å². The highest BCUT2D eigenvalue weighted by atomic mass is 16.4. The molecule has 1 atom stereocenters. The number of benzene rings is 1. The summed E-state index contributed by atoms with van der Waals surface area (Å²) in [6.07, 6.45) is 4.28. The molecule has 1 aliphatic carbocycles. The summed E-state index contributed by atoms with van der Waals surface area (Å²) in [6.45, 7) is 0. The molecule has 1 unspecified atom stereocenters. The molecule has 3 rings (SSSR count). The van der Waals surface area contributed by atoms with E-state index in [-0.39, 0.29) is 0 Å². The Morgan fingerprint density at radius 3 is 2.85 bits per heavy atom. The first kappa shape index (κ1) is 12.9. The first-order valence-electron chi connectivity index (χ1n) is 7.08. The third-order valence-corrected chi connectivity index (χ3v) is 3.90. The Hall–Kier alpha value is -2.10. The number of carboxylic acids is 1. The van der Waals surface area contributed by atoms with Crippen LogP contribution < -0.4 is 0 Å². The van der Waals surface area contributed by atoms with E-state index in [0.29, 0.717) is 6.42 Å². The lowest BCUT2D eigenvalue weighted by Crippen LogP contribution is -2.17. The van der Waals surface area contributed by atoms with Gasteiger partial charge in [0.25, 0.3) is 0 Å². The molecule has 0 radical (unpaired) electrons. The zero-order valence-corrected chi connectivity index (χ0v) is 11.3. The van der Waals surface area contributed by atoms with Crippen molar-refractivity contribution in [2.45, 2.75) is 38.0 Å². The fourth-order valence-corrected chi connectivity index (χ4v) is 2.84. The van der Waals surface area contributed by atoms with Crippen LogP contribution in [0.5, 0.6) is 0 Å². The van der Waals surface area contributed by atoms with Crippen LogP contribution in [0.4, 0.5) is 0 Å². The van der Waals surface area contributed by atoms with Crippen molar-refractivity contribution < 1.29 is 9.90 Å². The molecule has 20 heavy (non-hydrogen) atoms. The van der Waals surface area contributed by atoms with Gasteiger partial charge in [-0.25, -0.2) is 4.98 Å². The number of fused-ring (bicyclic) bond motifs is 1. The first-order valence-corrected chi connectivity index (χ1v) is 7.08. The number of hydrogen-bond donors (Lipinski definition) is 2. The molecule has 0 saturated heterocycles. The van der Waals surface area contributed by atoms with E-state index in [1.807, 2.05) is 18.2 Å². The fraction of sp³-hybridized carbons (Fsp3) is 0.375. The number of carboxylic acid groups (broad SMARTS) is 1. The van der Waals surface area contributed by atoms with E-state index in [9.17, 15) is 9.90 Å². The summed E-state index contributed by atoms with van der Waals surface area (Å²) in [5, 5.41) is 9.25. The van der Waals surface area contributed by atoms with E-state index < -0.39 is 11.9 Å². The number of nitrogens with one attached hydrogen (secondary N) is 1. The van der Waals surface area contributed by atoms with Crippen molar-refractivity contribution in [3.05, 3.63) is 53.1 Å². The second-order valence-electron chi connectivity index (χ2n) is 5.32. The number of aromatic amines is 1. The van der Waals surface area contributed by atoms with Gasteiger partial charge in [-0.2, -0.15) is 0 Å². The number of H-pyrrole nitrogens is 1. The van der Waals surface area contributed by atoms with E-state index in [1.54, 1.807) is 0 Å². The highest BCUT2D eigenvalue weighted by molar-refractivity contribution is 5.76. The van der Waals surface area contributed by atoms with Crippen LogP contribution in [0.2, 0.25) is 0 Å². The van der Waals surface area contributed by atoms with E-state index in [4.69, 9.17) is 0 Å². The molecule has 0 amide bonds. The quantitative estimate of drug-likeness (QED) is 0.897. The lowest BCUT2D eigenvalue weighted by molar-refractivity contribution is -0.139. The minimum atomic E-state index is -0.757. The molecule has 104 valence electrons. The molecule has 1 heterocycles. The lowest BCUT2D eigenvalue weighted by atomic mass is 9.90. The Labute approximate surface area is 117 Å². The average molecular weight is 270 g/mol. The normalized spacial score (nSPS) is 17.7. The van der Waals surface area contributed by atoms with Crippen LogP contribution in [-0.4, -0.2) is 21.0 Å². The second-order valence-corrected chi connectivity index (χ2v) is 5.32. The smallest absolute Gasteiger partial charge is 0.312 e. The highest BCUT2D eigenvalue weighted by Gasteiger charge is 2.29. The summed E-state index contributed by atoms with van der Waals surface area (Å²) < 4.78 is 0. The fourth-order valence-electron chi connectivity index (χ4n) is 2.84. The Morgan fingerprint density at radius 1 is 1.30 bits per heavy atom. The predicted molar refractivity (Wildman–Crippen MR) is 75.8 cm³/mol. The van der Waals surface area contributed by atoms with Crippen molar-refractivity contribution >= 4 is 5.97 Å². The van der Waals surface area contributed by atoms with Crippen molar-refractivity contribution in [3.8, 4) is 0 Å². The molecule has 1 aliphatic rings. The number of rotatable bonds is 4. The Kier molecular flexibility index (Phi) is 3.54. The van der Waals surface area contributed by atoms with Crippen LogP contribution in [-0.2, 0) is 24.1 Å². The summed E-state index contributed by atoms with van der Waals surface area (Å²) in [5.74, 6) is -0.278. The summed E-state index contributed by atoms with van der Waals surface area (Å²) in [4.78, 5) is 19.1. The van der Waals surface area contributed by atoms with Crippen LogP contribution in [0, 0.1) is 0 Å². The number of aryl methyl sites for hydroxylation is 3. The van der Waals surface area contributed by atoms with Crippen LogP contribution in [0.25, 0.3) is 0 Å². The van der Waals surface area contributed by atoms with Crippen LogP contribution >= 0.6 is 0 Å². The molecule has 1 aromatic carbocycles. The molecule has 0 fully saturated rings. The van der Waals surface area contributed by atoms with E-state index in [1.165, 1.54) is 5.56 Å². The third-order valence-electron chi connectivity index (χ3n) is 3.90. The molecular weight excluding hydrogens is 252 g/mol. The van der Waals surface area contributed by atoms with Crippen LogP contribution in [0.1, 0.15) is 41.5 Å². The van der Waals surface area contributed by atoms with Crippen molar-refractivity contribution in [2.24, 2.45) is 0 Å². The minimum absolute atomic E-state index is 0.430. The minimum Gasteiger partial charge on any atom is -0.481 e. The maximum absolute atomic E-state index is 11.3. The number of carbonyl (C=O) groups is 1. The standard InChI is InChI=1S/C16H18N2O2/c19-16(20)12-7-4-8-13-15(12)18-14(17-13)10-9-11-5-2-1-3-6-11/h1-3,5-6,12H,4,7-10H2,(H,17,18)(H,19,20). The first-order chi connectivity index (χ1) is 9.74. The number of aromatic nitrogens is 2. The van der Waals surface area contributed by atoms with Gasteiger partial charge in [0, 0.05) is 12.1 Å². The molecule has 0 bridgehead atoms. The number of nitrogens with zero attached hydrogens (tertiary/aromatic N) is 1. The second kappa shape index (κ2) is 5.49. The van der Waals surface area contributed by atoms with Gasteiger partial charge in [0.1, 0.15) is 11.7 Å². The van der Waals surface area contributed by atoms with Crippen molar-refractivity contribution in [2.75, 3.05) is 0 Å². The van der Waals surface area contributed by atoms with Gasteiger partial charge in [-0.05, 0) is 31.2 Å². The predicted octanol–water partition coefficient (Wildman–Crippen LogP) is 2.70. The molecule has 4 nitrogen and oxygen atoms in total. The molecular formula is C16H18N2O2. The summed E-state index contributed by atoms with van der Waals surface area (Å²) in [5.41, 5.74) is 3.05. The maximum atomic E-state index is 11.3. The third kappa shape index (κ3) is 2.59. The summed E-state index contributed by atoms with van der Waals surface area (Å²) >= 11 is 0. The van der Waals surface area contributed by atoms with Crippen LogP contribution in [0.15, 0.2) is 30.3 Å². The molecule has 4 heteroatoms. The van der Waals surface area contributed by atoms with Gasteiger partial charge in [0.15, 0.2) is 0 Å². The van der Waals surface area contributed by atoms with E-state index in [0.717, 1.165) is 42.9 Å². The van der Waals surface area contributed by atoms with Crippen molar-refractivity contribution in [1.29, 1.82) is 0 Å². The molecule has 2 N–H and O–H groups in total. The maximum Gasteiger partial charge on any atom is 0.312 e. The van der Waals surface area contributed by atoms with Gasteiger partial charge >= 0.3 is 5.97 Å². The van der Waals surface area contributed by atoms with Gasteiger partial charge in [-0.1, -0.05) is 30.3 Å². The van der Waals surface area contributed by atoms with Gasteiger partial charge in [-0.15, -0.1) is 0 Å². The molecule has 1 aromatic heterocycles. The SMILES string of the molecule is O=C(O)C1CCCc2[nH]c(CCc3ccccc3)nc21. The number of hydrogen-bond acceptors (Lipinski definition) is 2. The number of imidazole rings is 1. The topological polar surface area (TPSA) is 66.0 Å². The van der Waals surface area contributed by atoms with Gasteiger partial charge < -0.3 is 10.1 Å². The summed E-state index contributed by atoms with van der Waals surface area (Å²) in [7, 11) is 0. The Balaban J connectivity index is 1.74. The number of aliphatic carboxylic acids is 1. The average Bonchev–Trinajstić information content (AvgIpc) is 2.88. The van der Waals surface area contributed by atoms with E-state index >= 15 is 0 Å². The summed E-state index contributed by atoms with van der Waals surface area (Å²) in [6, 6.07) is 10.3. The monoisotopic (exact) mass is 270 g/mol.